The molecule has 2 aromatic carbocycles. The van der Waals surface area contributed by atoms with Crippen LogP contribution < -0.4 is 24.8 Å². The summed E-state index contributed by atoms with van der Waals surface area (Å²) in [5, 5.41) is 14.7. The van der Waals surface area contributed by atoms with Crippen LogP contribution in [0, 0.1) is 0 Å². The molecule has 3 rings (SSSR count). The number of hydrogen-bond acceptors (Lipinski definition) is 6. The number of halogens is 3. The van der Waals surface area contributed by atoms with Crippen LogP contribution in [0.5, 0.6) is 17.2 Å². The smallest absolute Gasteiger partial charge is 0.486 e. The van der Waals surface area contributed by atoms with Gasteiger partial charge in [-0.15, -0.1) is 13.2 Å². The van der Waals surface area contributed by atoms with Crippen molar-refractivity contribution < 1.29 is 42.1 Å². The Labute approximate surface area is 168 Å². The highest BCUT2D eigenvalue weighted by Gasteiger charge is 2.31. The van der Waals surface area contributed by atoms with E-state index < -0.39 is 30.0 Å². The molecule has 1 unspecified atom stereocenters. The summed E-state index contributed by atoms with van der Waals surface area (Å²) in [6.07, 6.45) is -5.93. The molecule has 0 spiro atoms. The Morgan fingerprint density at radius 3 is 2.37 bits per heavy atom. The second-order valence-corrected chi connectivity index (χ2v) is 6.16. The van der Waals surface area contributed by atoms with Gasteiger partial charge >= 0.3 is 18.2 Å². The molecule has 0 bridgehead atoms. The highest BCUT2D eigenvalue weighted by atomic mass is 19.4. The van der Waals surface area contributed by atoms with Gasteiger partial charge < -0.3 is 30.0 Å². The maximum absolute atomic E-state index is 12.1. The van der Waals surface area contributed by atoms with Gasteiger partial charge in [0.15, 0.2) is 11.5 Å². The molecule has 30 heavy (non-hydrogen) atoms. The van der Waals surface area contributed by atoms with Crippen LogP contribution >= 0.6 is 0 Å². The average molecular weight is 426 g/mol. The van der Waals surface area contributed by atoms with Gasteiger partial charge in [-0.05, 0) is 42.0 Å². The minimum absolute atomic E-state index is 0.0945. The average Bonchev–Trinajstić information content (AvgIpc) is 2.71. The fourth-order valence-corrected chi connectivity index (χ4v) is 2.58. The second-order valence-electron chi connectivity index (χ2n) is 6.16. The molecule has 1 aliphatic heterocycles. The maximum Gasteiger partial charge on any atom is 0.573 e. The first kappa shape index (κ1) is 21.2. The van der Waals surface area contributed by atoms with E-state index in [-0.39, 0.29) is 12.2 Å². The number of benzene rings is 2. The van der Waals surface area contributed by atoms with Crippen molar-refractivity contribution in [2.75, 3.05) is 25.1 Å². The summed E-state index contributed by atoms with van der Waals surface area (Å²) in [4.78, 5) is 23.8. The molecule has 1 atom stereocenters. The lowest BCUT2D eigenvalue weighted by Crippen LogP contribution is -2.37. The van der Waals surface area contributed by atoms with E-state index >= 15 is 0 Å². The fourth-order valence-electron chi connectivity index (χ4n) is 2.58. The molecule has 0 saturated heterocycles. The number of anilines is 1. The minimum Gasteiger partial charge on any atom is -0.486 e. The third-order valence-corrected chi connectivity index (χ3v) is 3.96. The maximum atomic E-state index is 12.1. The van der Waals surface area contributed by atoms with Gasteiger partial charge in [-0.1, -0.05) is 6.07 Å². The van der Waals surface area contributed by atoms with E-state index in [0.29, 0.717) is 30.3 Å². The zero-order valence-electron chi connectivity index (χ0n) is 15.4. The molecule has 160 valence electrons. The van der Waals surface area contributed by atoms with E-state index in [9.17, 15) is 27.9 Å². The molecule has 8 nitrogen and oxygen atoms in total. The Hall–Kier alpha value is -3.47. The van der Waals surface area contributed by atoms with Crippen LogP contribution in [0.25, 0.3) is 0 Å². The van der Waals surface area contributed by atoms with E-state index in [1.54, 1.807) is 18.2 Å². The number of nitrogens with one attached hydrogen (secondary N) is 2. The number of carbonyl (C=O) groups is 2. The van der Waals surface area contributed by atoms with Gasteiger partial charge in [0.25, 0.3) is 0 Å². The first-order chi connectivity index (χ1) is 14.2. The van der Waals surface area contributed by atoms with Crippen LogP contribution in [-0.2, 0) is 9.59 Å². The lowest BCUT2D eigenvalue weighted by Gasteiger charge is -2.20. The number of ether oxygens (including phenoxy) is 3. The quantitative estimate of drug-likeness (QED) is 0.633. The molecular formula is C19H17F3N2O6. The van der Waals surface area contributed by atoms with Crippen molar-refractivity contribution in [2.24, 2.45) is 0 Å². The van der Waals surface area contributed by atoms with Crippen LogP contribution in [0.1, 0.15) is 11.7 Å². The van der Waals surface area contributed by atoms with E-state index in [1.165, 1.54) is 0 Å². The summed E-state index contributed by atoms with van der Waals surface area (Å²) in [6.45, 7) is 0.565. The predicted octanol–water partition coefficient (Wildman–Crippen LogP) is 2.14. The van der Waals surface area contributed by atoms with Crippen LogP contribution in [0.2, 0.25) is 0 Å². The van der Waals surface area contributed by atoms with Crippen LogP contribution in [0.15, 0.2) is 42.5 Å². The molecule has 0 aromatic heterocycles. The molecule has 0 fully saturated rings. The van der Waals surface area contributed by atoms with E-state index in [1.807, 2.05) is 0 Å². The zero-order valence-corrected chi connectivity index (χ0v) is 15.4. The SMILES string of the molecule is O=C(NCC(O)c1ccc2c(c1)OCCO2)C(=O)Nc1ccc(OC(F)(F)F)cc1. The topological polar surface area (TPSA) is 106 Å². The number of carbonyl (C=O) groups excluding carboxylic acids is 2. The van der Waals surface area contributed by atoms with Gasteiger partial charge in [-0.25, -0.2) is 0 Å². The van der Waals surface area contributed by atoms with Gasteiger partial charge in [0.2, 0.25) is 0 Å². The van der Waals surface area contributed by atoms with Crippen LogP contribution in [-0.4, -0.2) is 43.0 Å². The standard InChI is InChI=1S/C19H17F3N2O6/c20-19(21,22)30-13-4-2-12(3-5-13)24-18(27)17(26)23-10-14(25)11-1-6-15-16(9-11)29-8-7-28-15/h1-6,9,14,25H,7-8,10H2,(H,23,26)(H,24,27). The monoisotopic (exact) mass is 426 g/mol. The molecule has 0 saturated carbocycles. The normalized spacial score (nSPS) is 13.9. The highest BCUT2D eigenvalue weighted by Crippen LogP contribution is 2.32. The van der Waals surface area contributed by atoms with Gasteiger partial charge in [0.1, 0.15) is 19.0 Å². The first-order valence-corrected chi connectivity index (χ1v) is 8.74. The lowest BCUT2D eigenvalue weighted by atomic mass is 10.1. The number of hydrogen-bond donors (Lipinski definition) is 3. The molecule has 2 aromatic rings. The van der Waals surface area contributed by atoms with Crippen molar-refractivity contribution in [1.82, 2.24) is 5.32 Å². The molecule has 0 radical (unpaired) electrons. The third kappa shape index (κ3) is 5.77. The molecule has 2 amide bonds. The summed E-state index contributed by atoms with van der Waals surface area (Å²) in [7, 11) is 0. The Bertz CT molecular complexity index is 917. The molecular weight excluding hydrogens is 409 g/mol. The van der Waals surface area contributed by atoms with E-state index in [0.717, 1.165) is 24.3 Å². The predicted molar refractivity (Wildman–Crippen MR) is 97.2 cm³/mol. The van der Waals surface area contributed by atoms with Crippen molar-refractivity contribution in [3.05, 3.63) is 48.0 Å². The van der Waals surface area contributed by atoms with Gasteiger partial charge in [-0.2, -0.15) is 0 Å². The lowest BCUT2D eigenvalue weighted by molar-refractivity contribution is -0.274. The van der Waals surface area contributed by atoms with Gasteiger partial charge in [0.05, 0.1) is 6.10 Å². The summed E-state index contributed by atoms with van der Waals surface area (Å²) in [5.74, 6) is -1.52. The Kier molecular flexibility index (Phi) is 6.31. The fraction of sp³-hybridized carbons (Fsp3) is 0.263. The molecule has 11 heteroatoms. The second kappa shape index (κ2) is 8.91. The van der Waals surface area contributed by atoms with Crippen molar-refractivity contribution >= 4 is 17.5 Å². The number of fused-ring (bicyclic) bond motifs is 1. The third-order valence-electron chi connectivity index (χ3n) is 3.96. The molecule has 0 aliphatic carbocycles. The van der Waals surface area contributed by atoms with Crippen LogP contribution in [0.3, 0.4) is 0 Å². The highest BCUT2D eigenvalue weighted by molar-refractivity contribution is 6.39. The van der Waals surface area contributed by atoms with Crippen molar-refractivity contribution in [3.63, 3.8) is 0 Å². The Balaban J connectivity index is 1.50. The van der Waals surface area contributed by atoms with E-state index in [2.05, 4.69) is 15.4 Å². The van der Waals surface area contributed by atoms with Crippen molar-refractivity contribution in [3.8, 4) is 17.2 Å². The first-order valence-electron chi connectivity index (χ1n) is 8.74. The molecule has 1 heterocycles. The summed E-state index contributed by atoms with van der Waals surface area (Å²) < 4.78 is 50.9. The number of aliphatic hydroxyl groups excluding tert-OH is 1. The van der Waals surface area contributed by atoms with Crippen molar-refractivity contribution in [1.29, 1.82) is 0 Å². The van der Waals surface area contributed by atoms with Crippen LogP contribution in [0.4, 0.5) is 18.9 Å². The summed E-state index contributed by atoms with van der Waals surface area (Å²) in [5.41, 5.74) is 0.553. The van der Waals surface area contributed by atoms with Gasteiger partial charge in [-0.3, -0.25) is 9.59 Å². The van der Waals surface area contributed by atoms with E-state index in [4.69, 9.17) is 9.47 Å². The zero-order chi connectivity index (χ0) is 21.7. The molecule has 1 aliphatic rings. The van der Waals surface area contributed by atoms with Crippen molar-refractivity contribution in [2.45, 2.75) is 12.5 Å². The molecule has 3 N–H and O–H groups in total. The Morgan fingerprint density at radius 2 is 1.70 bits per heavy atom. The number of alkyl halides is 3. The number of rotatable bonds is 5. The summed E-state index contributed by atoms with van der Waals surface area (Å²) >= 11 is 0. The Morgan fingerprint density at radius 1 is 1.03 bits per heavy atom. The van der Waals surface area contributed by atoms with Gasteiger partial charge in [0, 0.05) is 12.2 Å². The summed E-state index contributed by atoms with van der Waals surface area (Å²) in [6, 6.07) is 9.10. The minimum atomic E-state index is -4.83. The number of aliphatic hydroxyl groups is 1. The number of amides is 2. The largest absolute Gasteiger partial charge is 0.573 e.